The Morgan fingerprint density at radius 2 is 2.37 bits per heavy atom. The summed E-state index contributed by atoms with van der Waals surface area (Å²) in [4.78, 5) is 18.2. The van der Waals surface area contributed by atoms with Gasteiger partial charge in [-0.2, -0.15) is 0 Å². The van der Waals surface area contributed by atoms with Crippen molar-refractivity contribution in [3.63, 3.8) is 0 Å². The molecule has 1 amide bonds. The Bertz CT molecular complexity index is 467. The summed E-state index contributed by atoms with van der Waals surface area (Å²) in [5, 5.41) is 3.44. The van der Waals surface area contributed by atoms with Gasteiger partial charge in [0.1, 0.15) is 5.15 Å². The molecule has 1 fully saturated rings. The lowest BCUT2D eigenvalue weighted by atomic mass is 10.1. The normalized spacial score (nSPS) is 19.6. The Labute approximate surface area is 123 Å². The highest BCUT2D eigenvalue weighted by Gasteiger charge is 2.21. The van der Waals surface area contributed by atoms with Crippen molar-refractivity contribution in [2.45, 2.75) is 13.3 Å². The molecule has 1 unspecified atom stereocenters. The lowest BCUT2D eigenvalue weighted by Gasteiger charge is -2.13. The summed E-state index contributed by atoms with van der Waals surface area (Å²) in [6.45, 7) is 6.08. The van der Waals surface area contributed by atoms with Gasteiger partial charge < -0.3 is 10.2 Å². The third kappa shape index (κ3) is 3.81. The second kappa shape index (κ2) is 6.55. The minimum absolute atomic E-state index is 0.152. The molecular formula is C13H17Cl2N3O. The fraction of sp³-hybridized carbons (Fsp3) is 0.538. The van der Waals surface area contributed by atoms with Gasteiger partial charge in [0.15, 0.2) is 0 Å². The molecule has 4 nitrogen and oxygen atoms in total. The zero-order valence-electron chi connectivity index (χ0n) is 10.8. The molecule has 104 valence electrons. The van der Waals surface area contributed by atoms with E-state index in [2.05, 4.69) is 22.1 Å². The quantitative estimate of drug-likeness (QED) is 0.869. The zero-order valence-corrected chi connectivity index (χ0v) is 12.3. The van der Waals surface area contributed by atoms with Crippen LogP contribution in [0.4, 0.5) is 0 Å². The summed E-state index contributed by atoms with van der Waals surface area (Å²) >= 11 is 11.6. The maximum atomic E-state index is 11.9. The Hall–Kier alpha value is -0.840. The van der Waals surface area contributed by atoms with Crippen LogP contribution in [0.1, 0.15) is 23.7 Å². The van der Waals surface area contributed by atoms with Crippen molar-refractivity contribution in [2.75, 3.05) is 26.2 Å². The molecule has 1 aliphatic heterocycles. The van der Waals surface area contributed by atoms with E-state index in [1.54, 1.807) is 6.07 Å². The highest BCUT2D eigenvalue weighted by Crippen LogP contribution is 2.20. The fourth-order valence-corrected chi connectivity index (χ4v) is 2.52. The van der Waals surface area contributed by atoms with E-state index >= 15 is 0 Å². The van der Waals surface area contributed by atoms with Gasteiger partial charge in [-0.1, -0.05) is 30.1 Å². The zero-order chi connectivity index (χ0) is 13.8. The van der Waals surface area contributed by atoms with E-state index in [0.717, 1.165) is 26.1 Å². The molecule has 1 N–H and O–H groups in total. The van der Waals surface area contributed by atoms with Crippen LogP contribution in [-0.4, -0.2) is 42.0 Å². The molecule has 2 heterocycles. The number of carbonyl (C=O) groups excluding carboxylic acids is 1. The lowest BCUT2D eigenvalue weighted by Crippen LogP contribution is -2.31. The molecule has 1 aliphatic rings. The molecule has 1 atom stereocenters. The third-order valence-electron chi connectivity index (χ3n) is 3.43. The molecule has 1 aromatic heterocycles. The Balaban J connectivity index is 1.86. The number of rotatable bonds is 4. The first-order valence-corrected chi connectivity index (χ1v) is 7.17. The first kappa shape index (κ1) is 14.6. The number of likely N-dealkylation sites (tertiary alicyclic amines) is 1. The Morgan fingerprint density at radius 1 is 1.58 bits per heavy atom. The molecular weight excluding hydrogens is 285 g/mol. The Kier molecular flexibility index (Phi) is 5.02. The second-order valence-corrected chi connectivity index (χ2v) is 5.52. The largest absolute Gasteiger partial charge is 0.352 e. The number of hydrogen-bond donors (Lipinski definition) is 1. The molecule has 19 heavy (non-hydrogen) atoms. The van der Waals surface area contributed by atoms with Crippen molar-refractivity contribution in [2.24, 2.45) is 5.92 Å². The van der Waals surface area contributed by atoms with Crippen LogP contribution in [0.5, 0.6) is 0 Å². The highest BCUT2D eigenvalue weighted by atomic mass is 35.5. The van der Waals surface area contributed by atoms with Crippen molar-refractivity contribution in [1.29, 1.82) is 0 Å². The van der Waals surface area contributed by atoms with Crippen LogP contribution < -0.4 is 5.32 Å². The van der Waals surface area contributed by atoms with E-state index in [4.69, 9.17) is 23.2 Å². The maximum Gasteiger partial charge on any atom is 0.252 e. The number of nitrogens with zero attached hydrogens (tertiary/aromatic N) is 2. The van der Waals surface area contributed by atoms with E-state index in [1.165, 1.54) is 6.20 Å². The number of carbonyl (C=O) groups is 1. The van der Waals surface area contributed by atoms with Gasteiger partial charge in [-0.25, -0.2) is 4.98 Å². The molecule has 0 aromatic carbocycles. The molecule has 0 radical (unpaired) electrons. The van der Waals surface area contributed by atoms with Crippen molar-refractivity contribution in [3.05, 3.63) is 28.0 Å². The molecule has 0 spiro atoms. The van der Waals surface area contributed by atoms with Crippen molar-refractivity contribution < 1.29 is 4.79 Å². The second-order valence-electron chi connectivity index (χ2n) is 4.75. The molecule has 1 saturated heterocycles. The summed E-state index contributed by atoms with van der Waals surface area (Å²) in [5.74, 6) is 0.376. The number of halogens is 2. The minimum Gasteiger partial charge on any atom is -0.352 e. The number of amides is 1. The van der Waals surface area contributed by atoms with E-state index < -0.39 is 0 Å². The van der Waals surface area contributed by atoms with Crippen LogP contribution in [0.25, 0.3) is 0 Å². The van der Waals surface area contributed by atoms with Crippen LogP contribution in [0.2, 0.25) is 10.2 Å². The van der Waals surface area contributed by atoms with Crippen molar-refractivity contribution in [1.82, 2.24) is 15.2 Å². The van der Waals surface area contributed by atoms with E-state index in [-0.39, 0.29) is 11.1 Å². The average Bonchev–Trinajstić information content (AvgIpc) is 2.87. The van der Waals surface area contributed by atoms with Crippen LogP contribution in [-0.2, 0) is 0 Å². The van der Waals surface area contributed by atoms with Crippen molar-refractivity contribution >= 4 is 29.1 Å². The van der Waals surface area contributed by atoms with Gasteiger partial charge in [-0.3, -0.25) is 4.79 Å². The third-order valence-corrected chi connectivity index (χ3v) is 4.11. The van der Waals surface area contributed by atoms with E-state index in [9.17, 15) is 4.79 Å². The molecule has 0 saturated carbocycles. The Morgan fingerprint density at radius 3 is 3.00 bits per heavy atom. The van der Waals surface area contributed by atoms with Gasteiger partial charge in [-0.15, -0.1) is 0 Å². The average molecular weight is 302 g/mol. The van der Waals surface area contributed by atoms with Gasteiger partial charge >= 0.3 is 0 Å². The molecule has 2 rings (SSSR count). The van der Waals surface area contributed by atoms with Gasteiger partial charge in [0.2, 0.25) is 0 Å². The molecule has 0 bridgehead atoms. The first-order valence-electron chi connectivity index (χ1n) is 6.41. The summed E-state index contributed by atoms with van der Waals surface area (Å²) in [5.41, 5.74) is 0.444. The SMILES string of the molecule is CCN1CCC(CNC(=O)c2cnc(Cl)c(Cl)c2)C1. The predicted molar refractivity (Wildman–Crippen MR) is 76.8 cm³/mol. The number of nitrogens with one attached hydrogen (secondary N) is 1. The summed E-state index contributed by atoms with van der Waals surface area (Å²) in [6, 6.07) is 1.54. The predicted octanol–water partition coefficient (Wildman–Crippen LogP) is 2.46. The van der Waals surface area contributed by atoms with Gasteiger partial charge in [-0.05, 0) is 31.5 Å². The van der Waals surface area contributed by atoms with Crippen LogP contribution in [0.15, 0.2) is 12.3 Å². The first-order chi connectivity index (χ1) is 9.10. The van der Waals surface area contributed by atoms with Crippen molar-refractivity contribution in [3.8, 4) is 0 Å². The van der Waals surface area contributed by atoms with E-state index in [0.29, 0.717) is 23.0 Å². The summed E-state index contributed by atoms with van der Waals surface area (Å²) < 4.78 is 0. The number of pyridine rings is 1. The van der Waals surface area contributed by atoms with E-state index in [1.807, 2.05) is 0 Å². The highest BCUT2D eigenvalue weighted by molar-refractivity contribution is 6.41. The van der Waals surface area contributed by atoms with Gasteiger partial charge in [0.25, 0.3) is 5.91 Å². The van der Waals surface area contributed by atoms with Crippen LogP contribution >= 0.6 is 23.2 Å². The minimum atomic E-state index is -0.152. The smallest absolute Gasteiger partial charge is 0.252 e. The number of aromatic nitrogens is 1. The standard InChI is InChI=1S/C13H17Cl2N3O/c1-2-18-4-3-9(8-18)6-17-13(19)10-5-11(14)12(15)16-7-10/h5,7,9H,2-4,6,8H2,1H3,(H,17,19). The number of hydrogen-bond acceptors (Lipinski definition) is 3. The monoisotopic (exact) mass is 301 g/mol. The molecule has 1 aromatic rings. The molecule has 6 heteroatoms. The topological polar surface area (TPSA) is 45.2 Å². The lowest BCUT2D eigenvalue weighted by molar-refractivity contribution is 0.0947. The maximum absolute atomic E-state index is 11.9. The fourth-order valence-electron chi connectivity index (χ4n) is 2.25. The molecule has 0 aliphatic carbocycles. The summed E-state index contributed by atoms with van der Waals surface area (Å²) in [6.07, 6.45) is 2.57. The van der Waals surface area contributed by atoms with Gasteiger partial charge in [0, 0.05) is 19.3 Å². The van der Waals surface area contributed by atoms with Crippen LogP contribution in [0.3, 0.4) is 0 Å². The van der Waals surface area contributed by atoms with Crippen LogP contribution in [0, 0.1) is 5.92 Å². The summed E-state index contributed by atoms with van der Waals surface area (Å²) in [7, 11) is 0. The van der Waals surface area contributed by atoms with Gasteiger partial charge in [0.05, 0.1) is 10.6 Å².